The summed E-state index contributed by atoms with van der Waals surface area (Å²) in [5.74, 6) is -0.365. The van der Waals surface area contributed by atoms with E-state index in [0.717, 1.165) is 11.3 Å². The minimum absolute atomic E-state index is 0.0813. The molecule has 5 heteroatoms. The molecule has 0 radical (unpaired) electrons. The van der Waals surface area contributed by atoms with Crippen LogP contribution in [-0.2, 0) is 11.3 Å². The molecule has 0 saturated heterocycles. The second-order valence-corrected chi connectivity index (χ2v) is 4.26. The van der Waals surface area contributed by atoms with Crippen LogP contribution < -0.4 is 9.64 Å². The predicted molar refractivity (Wildman–Crippen MR) is 75.9 cm³/mol. The number of rotatable bonds is 6. The van der Waals surface area contributed by atoms with Gasteiger partial charge in [-0.3, -0.25) is 4.79 Å². The molecule has 1 aromatic heterocycles. The molecular formula is C15H16N2O3. The van der Waals surface area contributed by atoms with Gasteiger partial charge in [-0.1, -0.05) is 24.3 Å². The summed E-state index contributed by atoms with van der Waals surface area (Å²) in [6.45, 7) is 0.343. The number of pyridine rings is 1. The van der Waals surface area contributed by atoms with Gasteiger partial charge in [-0.2, -0.15) is 0 Å². The number of carboxylic acid groups (broad SMARTS) is 1. The van der Waals surface area contributed by atoms with Crippen LogP contribution in [0.1, 0.15) is 5.56 Å². The van der Waals surface area contributed by atoms with Crippen molar-refractivity contribution in [1.29, 1.82) is 0 Å². The van der Waals surface area contributed by atoms with Crippen LogP contribution in [0.4, 0.5) is 5.69 Å². The second kappa shape index (κ2) is 6.56. The molecule has 0 aliphatic heterocycles. The van der Waals surface area contributed by atoms with Gasteiger partial charge in [0, 0.05) is 24.0 Å². The Kier molecular flexibility index (Phi) is 4.55. The first-order valence-electron chi connectivity index (χ1n) is 6.20. The average molecular weight is 272 g/mol. The first-order valence-corrected chi connectivity index (χ1v) is 6.20. The summed E-state index contributed by atoms with van der Waals surface area (Å²) in [7, 11) is 1.55. The Labute approximate surface area is 117 Å². The van der Waals surface area contributed by atoms with Crippen molar-refractivity contribution in [2.75, 3.05) is 18.6 Å². The Hall–Kier alpha value is -2.56. The van der Waals surface area contributed by atoms with Gasteiger partial charge < -0.3 is 14.7 Å². The van der Waals surface area contributed by atoms with Gasteiger partial charge in [0.2, 0.25) is 5.88 Å². The van der Waals surface area contributed by atoms with Gasteiger partial charge >= 0.3 is 5.97 Å². The van der Waals surface area contributed by atoms with Crippen LogP contribution in [0.5, 0.6) is 5.88 Å². The molecule has 0 bridgehead atoms. The monoisotopic (exact) mass is 272 g/mol. The van der Waals surface area contributed by atoms with E-state index in [9.17, 15) is 4.79 Å². The number of para-hydroxylation sites is 1. The van der Waals surface area contributed by atoms with E-state index in [2.05, 4.69) is 4.98 Å². The van der Waals surface area contributed by atoms with Crippen LogP contribution in [-0.4, -0.2) is 29.7 Å². The molecule has 1 heterocycles. The quantitative estimate of drug-likeness (QED) is 0.873. The average Bonchev–Trinajstić information content (AvgIpc) is 2.47. The fraction of sp³-hybridized carbons (Fsp3) is 0.200. The first kappa shape index (κ1) is 13.9. The van der Waals surface area contributed by atoms with Crippen molar-refractivity contribution in [3.05, 3.63) is 54.2 Å². The van der Waals surface area contributed by atoms with Crippen LogP contribution in [0, 0.1) is 0 Å². The lowest BCUT2D eigenvalue weighted by molar-refractivity contribution is -0.135. The fourth-order valence-corrected chi connectivity index (χ4v) is 1.97. The third-order valence-corrected chi connectivity index (χ3v) is 2.85. The molecule has 0 aliphatic rings. The van der Waals surface area contributed by atoms with Crippen molar-refractivity contribution >= 4 is 11.7 Å². The Morgan fingerprint density at radius 2 is 2.00 bits per heavy atom. The van der Waals surface area contributed by atoms with Crippen LogP contribution >= 0.6 is 0 Å². The number of hydrogen-bond acceptors (Lipinski definition) is 4. The van der Waals surface area contributed by atoms with Crippen LogP contribution in [0.3, 0.4) is 0 Å². The number of carboxylic acids is 1. The normalized spacial score (nSPS) is 10.1. The molecule has 0 fully saturated rings. The molecule has 0 unspecified atom stereocenters. The maximum atomic E-state index is 11.0. The smallest absolute Gasteiger partial charge is 0.323 e. The minimum Gasteiger partial charge on any atom is -0.481 e. The van der Waals surface area contributed by atoms with Gasteiger partial charge in [0.05, 0.1) is 7.11 Å². The molecule has 0 amide bonds. The fourth-order valence-electron chi connectivity index (χ4n) is 1.97. The minimum atomic E-state index is -0.878. The lowest BCUT2D eigenvalue weighted by Crippen LogP contribution is -2.29. The SMILES string of the molecule is COc1ncccc1CN(CC(=O)O)c1ccccc1. The highest BCUT2D eigenvalue weighted by molar-refractivity contribution is 5.73. The lowest BCUT2D eigenvalue weighted by Gasteiger charge is -2.23. The third-order valence-electron chi connectivity index (χ3n) is 2.85. The van der Waals surface area contributed by atoms with E-state index in [1.165, 1.54) is 0 Å². The summed E-state index contributed by atoms with van der Waals surface area (Å²) < 4.78 is 5.20. The summed E-state index contributed by atoms with van der Waals surface area (Å²) in [5, 5.41) is 9.06. The van der Waals surface area contributed by atoms with Crippen LogP contribution in [0.15, 0.2) is 48.7 Å². The maximum Gasteiger partial charge on any atom is 0.323 e. The van der Waals surface area contributed by atoms with E-state index in [0.29, 0.717) is 12.4 Å². The van der Waals surface area contributed by atoms with Gasteiger partial charge in [0.1, 0.15) is 6.54 Å². The molecular weight excluding hydrogens is 256 g/mol. The largest absolute Gasteiger partial charge is 0.481 e. The Bertz CT molecular complexity index is 572. The zero-order valence-electron chi connectivity index (χ0n) is 11.2. The van der Waals surface area contributed by atoms with Crippen molar-refractivity contribution in [1.82, 2.24) is 4.98 Å². The van der Waals surface area contributed by atoms with Gasteiger partial charge in [0.25, 0.3) is 0 Å². The van der Waals surface area contributed by atoms with Gasteiger partial charge in [-0.05, 0) is 18.2 Å². The Morgan fingerprint density at radius 3 is 2.65 bits per heavy atom. The third kappa shape index (κ3) is 3.47. The van der Waals surface area contributed by atoms with Crippen molar-refractivity contribution in [2.45, 2.75) is 6.54 Å². The number of ether oxygens (including phenoxy) is 1. The summed E-state index contributed by atoms with van der Waals surface area (Å²) in [4.78, 5) is 16.9. The molecule has 104 valence electrons. The summed E-state index contributed by atoms with van der Waals surface area (Å²) in [6.07, 6.45) is 1.65. The molecule has 2 aromatic rings. The number of nitrogens with zero attached hydrogens (tertiary/aromatic N) is 2. The van der Waals surface area contributed by atoms with Gasteiger partial charge in [-0.15, -0.1) is 0 Å². The van der Waals surface area contributed by atoms with E-state index >= 15 is 0 Å². The van der Waals surface area contributed by atoms with Gasteiger partial charge in [-0.25, -0.2) is 4.98 Å². The van der Waals surface area contributed by atoms with E-state index in [-0.39, 0.29) is 6.54 Å². The van der Waals surface area contributed by atoms with Crippen LogP contribution in [0.2, 0.25) is 0 Å². The number of aliphatic carboxylic acids is 1. The summed E-state index contributed by atoms with van der Waals surface area (Å²) in [5.41, 5.74) is 1.70. The Morgan fingerprint density at radius 1 is 1.25 bits per heavy atom. The highest BCUT2D eigenvalue weighted by Crippen LogP contribution is 2.21. The number of carbonyl (C=O) groups is 1. The highest BCUT2D eigenvalue weighted by atomic mass is 16.5. The van der Waals surface area contributed by atoms with E-state index in [1.54, 1.807) is 18.2 Å². The van der Waals surface area contributed by atoms with Crippen molar-refractivity contribution < 1.29 is 14.6 Å². The molecule has 2 rings (SSSR count). The molecule has 1 N–H and O–H groups in total. The molecule has 0 aliphatic carbocycles. The molecule has 20 heavy (non-hydrogen) atoms. The lowest BCUT2D eigenvalue weighted by atomic mass is 10.2. The van der Waals surface area contributed by atoms with Gasteiger partial charge in [0.15, 0.2) is 0 Å². The zero-order chi connectivity index (χ0) is 14.4. The summed E-state index contributed by atoms with van der Waals surface area (Å²) in [6, 6.07) is 13.1. The van der Waals surface area contributed by atoms with Crippen LogP contribution in [0.25, 0.3) is 0 Å². The van der Waals surface area contributed by atoms with E-state index < -0.39 is 5.97 Å². The second-order valence-electron chi connectivity index (χ2n) is 4.26. The molecule has 0 saturated carbocycles. The predicted octanol–water partition coefficient (Wildman–Crippen LogP) is 2.18. The molecule has 0 atom stereocenters. The van der Waals surface area contributed by atoms with E-state index in [1.807, 2.05) is 42.5 Å². The summed E-state index contributed by atoms with van der Waals surface area (Å²) >= 11 is 0. The number of anilines is 1. The topological polar surface area (TPSA) is 62.7 Å². The number of methoxy groups -OCH3 is 1. The number of aromatic nitrogens is 1. The maximum absolute atomic E-state index is 11.0. The molecule has 0 spiro atoms. The molecule has 5 nitrogen and oxygen atoms in total. The Balaban J connectivity index is 2.26. The highest BCUT2D eigenvalue weighted by Gasteiger charge is 2.14. The molecule has 1 aromatic carbocycles. The number of hydrogen-bond donors (Lipinski definition) is 1. The van der Waals surface area contributed by atoms with Crippen molar-refractivity contribution in [3.63, 3.8) is 0 Å². The van der Waals surface area contributed by atoms with Crippen molar-refractivity contribution in [2.24, 2.45) is 0 Å². The van der Waals surface area contributed by atoms with E-state index in [4.69, 9.17) is 9.84 Å². The zero-order valence-corrected chi connectivity index (χ0v) is 11.2. The standard InChI is InChI=1S/C15H16N2O3/c1-20-15-12(6-5-9-16-15)10-17(11-14(18)19)13-7-3-2-4-8-13/h2-9H,10-11H2,1H3,(H,18,19). The first-order chi connectivity index (χ1) is 9.70. The van der Waals surface area contributed by atoms with Crippen molar-refractivity contribution in [3.8, 4) is 5.88 Å². The number of benzene rings is 1.